The van der Waals surface area contributed by atoms with Gasteiger partial charge in [-0.25, -0.2) is 0 Å². The Hall–Kier alpha value is -0.763. The molecule has 2 unspecified atom stereocenters. The van der Waals surface area contributed by atoms with E-state index in [1.165, 1.54) is 11.1 Å². The molecule has 2 atom stereocenters. The van der Waals surface area contributed by atoms with Gasteiger partial charge in [-0.2, -0.15) is 0 Å². The van der Waals surface area contributed by atoms with Crippen molar-refractivity contribution in [2.75, 3.05) is 0 Å². The molecule has 0 saturated heterocycles. The second-order valence-corrected chi connectivity index (χ2v) is 19.7. The van der Waals surface area contributed by atoms with Crippen LogP contribution in [-0.4, -0.2) is 18.4 Å². The monoisotopic (exact) mass is 621 g/mol. The lowest BCUT2D eigenvalue weighted by atomic mass is 9.74. The molecular weight excluding hydrogens is 573 g/mol. The van der Waals surface area contributed by atoms with Gasteiger partial charge in [-0.15, -0.1) is 0 Å². The van der Waals surface area contributed by atoms with Gasteiger partial charge in [0.2, 0.25) is 0 Å². The lowest BCUT2D eigenvalue weighted by molar-refractivity contribution is 0.104. The molecule has 200 valence electrons. The molecule has 2 aromatic rings. The van der Waals surface area contributed by atoms with Crippen LogP contribution in [-0.2, 0) is 17.3 Å². The summed E-state index contributed by atoms with van der Waals surface area (Å²) in [5.41, 5.74) is 6.72. The van der Waals surface area contributed by atoms with Crippen molar-refractivity contribution in [2.45, 2.75) is 118 Å². The van der Waals surface area contributed by atoms with E-state index < -0.39 is 14.4 Å². The van der Waals surface area contributed by atoms with Crippen molar-refractivity contribution in [3.8, 4) is 0 Å². The normalized spacial score (nSPS) is 19.0. The molecule has 1 aromatic heterocycles. The van der Waals surface area contributed by atoms with Crippen LogP contribution in [0.2, 0.25) is 18.1 Å². The first-order valence-corrected chi connectivity index (χ1v) is 17.6. The molecule has 1 aliphatic rings. The molecule has 36 heavy (non-hydrogen) atoms. The summed E-state index contributed by atoms with van der Waals surface area (Å²) in [7, 11) is -2.00. The smallest absolute Gasteiger partial charge is 0.192 e. The van der Waals surface area contributed by atoms with Gasteiger partial charge in [-0.05, 0) is 88.4 Å². The molecule has 0 radical (unpaired) electrons. The summed E-state index contributed by atoms with van der Waals surface area (Å²) in [6.07, 6.45) is 2.27. The summed E-state index contributed by atoms with van der Waals surface area (Å²) in [4.78, 5) is 5.29. The lowest BCUT2D eigenvalue weighted by Gasteiger charge is -2.44. The summed E-state index contributed by atoms with van der Waals surface area (Å²) in [6, 6.07) is 8.51. The van der Waals surface area contributed by atoms with E-state index in [0.29, 0.717) is 5.92 Å². The molecule has 1 aliphatic carbocycles. The molecule has 0 aliphatic heterocycles. The first kappa shape index (κ1) is 29.8. The van der Waals surface area contributed by atoms with Gasteiger partial charge in [0.15, 0.2) is 8.32 Å². The van der Waals surface area contributed by atoms with Crippen LogP contribution < -0.4 is 0 Å². The van der Waals surface area contributed by atoms with Gasteiger partial charge < -0.3 is 9.53 Å². The Morgan fingerprint density at radius 3 is 2.19 bits per heavy atom. The fourth-order valence-electron chi connectivity index (χ4n) is 5.05. The molecule has 5 heteroatoms. The molecule has 3 rings (SSSR count). The minimum Gasteiger partial charge on any atom is -0.410 e. The standard InChI is InChI=1S/C31H48INO2Si/c1-19(2)16-21-12-14-22(15-13-21)29(34)26-27(32)25-23(33-28(26)20(3)4)17-31(8,9)18-24(25)35-36(10,11)30(5,6)7/h12-15,19-20,24,29,34H,16-18H2,1-11H3. The van der Waals surface area contributed by atoms with Crippen LogP contribution in [0, 0.1) is 14.9 Å². The molecule has 0 spiro atoms. The van der Waals surface area contributed by atoms with E-state index in [0.717, 1.165) is 45.3 Å². The number of rotatable bonds is 7. The second-order valence-electron chi connectivity index (χ2n) is 13.9. The number of fused-ring (bicyclic) bond motifs is 1. The topological polar surface area (TPSA) is 42.4 Å². The molecule has 3 nitrogen and oxygen atoms in total. The van der Waals surface area contributed by atoms with Gasteiger partial charge >= 0.3 is 0 Å². The van der Waals surface area contributed by atoms with Crippen LogP contribution in [0.25, 0.3) is 0 Å². The second kappa shape index (κ2) is 10.8. The maximum absolute atomic E-state index is 11.8. The van der Waals surface area contributed by atoms with Gasteiger partial charge in [-0.3, -0.25) is 4.98 Å². The van der Waals surface area contributed by atoms with E-state index in [1.54, 1.807) is 0 Å². The quantitative estimate of drug-likeness (QED) is 0.248. The largest absolute Gasteiger partial charge is 0.410 e. The van der Waals surface area contributed by atoms with Crippen LogP contribution in [0.5, 0.6) is 0 Å². The summed E-state index contributed by atoms with van der Waals surface area (Å²) in [6.45, 7) is 25.1. The molecule has 0 amide bonds. The van der Waals surface area contributed by atoms with Gasteiger partial charge in [0.1, 0.15) is 6.10 Å². The van der Waals surface area contributed by atoms with Crippen molar-refractivity contribution < 1.29 is 9.53 Å². The lowest BCUT2D eigenvalue weighted by Crippen LogP contribution is -2.44. The molecule has 1 N–H and O–H groups in total. The average molecular weight is 622 g/mol. The zero-order chi connectivity index (χ0) is 27.2. The molecular formula is C31H48INO2Si. The minimum absolute atomic E-state index is 0.00428. The zero-order valence-electron chi connectivity index (χ0n) is 24.4. The Morgan fingerprint density at radius 2 is 1.69 bits per heavy atom. The third-order valence-electron chi connectivity index (χ3n) is 8.02. The van der Waals surface area contributed by atoms with E-state index in [2.05, 4.69) is 122 Å². The Kier molecular flexibility index (Phi) is 8.92. The van der Waals surface area contributed by atoms with E-state index in [4.69, 9.17) is 9.41 Å². The number of benzene rings is 1. The van der Waals surface area contributed by atoms with E-state index in [-0.39, 0.29) is 22.5 Å². The SMILES string of the molecule is CC(C)Cc1ccc(C(O)c2c(C(C)C)nc3c(c2I)C(O[Si](C)(C)C(C)(C)C)CC(C)(C)C3)cc1. The molecule has 0 bridgehead atoms. The van der Waals surface area contributed by atoms with Crippen LogP contribution >= 0.6 is 22.6 Å². The number of halogens is 1. The van der Waals surface area contributed by atoms with Crippen molar-refractivity contribution in [3.63, 3.8) is 0 Å². The Balaban J connectivity index is 2.14. The predicted molar refractivity (Wildman–Crippen MR) is 163 cm³/mol. The van der Waals surface area contributed by atoms with Crippen molar-refractivity contribution in [3.05, 3.63) is 61.5 Å². The maximum atomic E-state index is 11.8. The van der Waals surface area contributed by atoms with Crippen LogP contribution in [0.15, 0.2) is 24.3 Å². The van der Waals surface area contributed by atoms with Gasteiger partial charge in [0.05, 0.1) is 11.8 Å². The highest BCUT2D eigenvalue weighted by molar-refractivity contribution is 14.1. The fourth-order valence-corrected chi connectivity index (χ4v) is 7.54. The van der Waals surface area contributed by atoms with Gasteiger partial charge in [0.25, 0.3) is 0 Å². The molecule has 0 saturated carbocycles. The van der Waals surface area contributed by atoms with E-state index in [9.17, 15) is 5.11 Å². The number of nitrogens with zero attached hydrogens (tertiary/aromatic N) is 1. The van der Waals surface area contributed by atoms with E-state index >= 15 is 0 Å². The highest BCUT2D eigenvalue weighted by Gasteiger charge is 2.44. The highest BCUT2D eigenvalue weighted by atomic mass is 127. The predicted octanol–water partition coefficient (Wildman–Crippen LogP) is 9.13. The van der Waals surface area contributed by atoms with Crippen molar-refractivity contribution in [1.29, 1.82) is 0 Å². The number of aromatic nitrogens is 1. The first-order valence-electron chi connectivity index (χ1n) is 13.6. The summed E-state index contributed by atoms with van der Waals surface area (Å²) >= 11 is 2.48. The Labute approximate surface area is 235 Å². The van der Waals surface area contributed by atoms with Crippen molar-refractivity contribution in [2.24, 2.45) is 11.3 Å². The third-order valence-corrected chi connectivity index (χ3v) is 13.7. The molecule has 1 aromatic carbocycles. The molecule has 1 heterocycles. The van der Waals surface area contributed by atoms with Crippen molar-refractivity contribution in [1.82, 2.24) is 4.98 Å². The number of aliphatic hydroxyl groups is 1. The van der Waals surface area contributed by atoms with Crippen LogP contribution in [0.3, 0.4) is 0 Å². The van der Waals surface area contributed by atoms with Crippen molar-refractivity contribution >= 4 is 30.9 Å². The third kappa shape index (κ3) is 6.44. The average Bonchev–Trinajstić information content (AvgIpc) is 2.70. The van der Waals surface area contributed by atoms with Gasteiger partial charge in [0, 0.05) is 20.4 Å². The Bertz CT molecular complexity index is 1070. The minimum atomic E-state index is -2.00. The molecule has 0 fully saturated rings. The number of pyridine rings is 1. The Morgan fingerprint density at radius 1 is 1.11 bits per heavy atom. The fraction of sp³-hybridized carbons (Fsp3) is 0.645. The zero-order valence-corrected chi connectivity index (χ0v) is 27.6. The number of aliphatic hydroxyl groups excluding tert-OH is 1. The number of hydrogen-bond acceptors (Lipinski definition) is 3. The first-order chi connectivity index (χ1) is 16.4. The van der Waals surface area contributed by atoms with Crippen LogP contribution in [0.1, 0.15) is 121 Å². The number of hydrogen-bond donors (Lipinski definition) is 1. The maximum Gasteiger partial charge on any atom is 0.192 e. The van der Waals surface area contributed by atoms with Crippen LogP contribution in [0.4, 0.5) is 0 Å². The summed E-state index contributed by atoms with van der Waals surface area (Å²) < 4.78 is 8.23. The highest BCUT2D eigenvalue weighted by Crippen LogP contribution is 2.50. The van der Waals surface area contributed by atoms with E-state index in [1.807, 2.05) is 0 Å². The van der Waals surface area contributed by atoms with Gasteiger partial charge in [-0.1, -0.05) is 86.6 Å². The summed E-state index contributed by atoms with van der Waals surface area (Å²) in [5.74, 6) is 0.833. The summed E-state index contributed by atoms with van der Waals surface area (Å²) in [5, 5.41) is 11.9.